The monoisotopic (exact) mass is 950 g/mol. The first-order chi connectivity index (χ1) is 30.6. The summed E-state index contributed by atoms with van der Waals surface area (Å²) < 4.78 is 47.8. The molecule has 64 heavy (non-hydrogen) atoms. The fraction of sp³-hybridized carbons (Fsp3) is 0.761. The Morgan fingerprint density at radius 2 is 1.25 bits per heavy atom. The van der Waals surface area contributed by atoms with E-state index in [2.05, 4.69) is 47.2 Å². The van der Waals surface area contributed by atoms with Gasteiger partial charge < -0.3 is 39.5 Å². The molecule has 0 aromatic rings. The number of ketones is 1. The van der Waals surface area contributed by atoms with E-state index in [1.54, 1.807) is 12.2 Å². The number of esters is 2. The summed E-state index contributed by atoms with van der Waals surface area (Å²) in [6, 6.07) is 0. The van der Waals surface area contributed by atoms with E-state index >= 15 is 0 Å². The number of unbranched alkanes of at least 4 members (excludes halogenated alkanes) is 13. The third-order valence-electron chi connectivity index (χ3n) is 10.5. The van der Waals surface area contributed by atoms with E-state index < -0.39 is 90.3 Å². The summed E-state index contributed by atoms with van der Waals surface area (Å²) in [4.78, 5) is 65.6. The first kappa shape index (κ1) is 59.7. The number of Topliss-reactive ketones (excluding diaryl/α,β-unsaturated/α-hetero) is 1. The summed E-state index contributed by atoms with van der Waals surface area (Å²) in [5, 5.41) is 30.5. The van der Waals surface area contributed by atoms with Crippen LogP contribution in [0.5, 0.6) is 0 Å². The normalized spacial score (nSPS) is 19.6. The predicted octanol–water partition coefficient (Wildman–Crippen LogP) is 8.82. The molecule has 1 saturated carbocycles. The maximum absolute atomic E-state index is 12.8. The highest BCUT2D eigenvalue weighted by Crippen LogP contribution is 2.44. The topological polar surface area (TPSA) is 253 Å². The Kier molecular flexibility index (Phi) is 34.3. The molecule has 7 atom stereocenters. The lowest BCUT2D eigenvalue weighted by atomic mass is 9.90. The van der Waals surface area contributed by atoms with E-state index in [1.807, 2.05) is 12.2 Å². The molecule has 0 aliphatic heterocycles. The number of ether oxygens (including phenoxy) is 2. The smallest absolute Gasteiger partial charge is 0.462 e. The van der Waals surface area contributed by atoms with Crippen molar-refractivity contribution in [3.05, 3.63) is 48.6 Å². The zero-order valence-electron chi connectivity index (χ0n) is 38.3. The average molecular weight is 951 g/mol. The first-order valence-corrected chi connectivity index (χ1v) is 26.5. The Labute approximate surface area is 381 Å². The summed E-state index contributed by atoms with van der Waals surface area (Å²) in [5.74, 6) is -2.12. The molecule has 0 radical (unpaired) electrons. The van der Waals surface area contributed by atoms with Gasteiger partial charge in [0.2, 0.25) is 0 Å². The van der Waals surface area contributed by atoms with Gasteiger partial charge in [-0.1, -0.05) is 127 Å². The van der Waals surface area contributed by atoms with Gasteiger partial charge in [-0.25, -0.2) is 9.13 Å². The Morgan fingerprint density at radius 1 is 0.688 bits per heavy atom. The second-order valence-corrected chi connectivity index (χ2v) is 19.1. The van der Waals surface area contributed by atoms with Crippen LogP contribution in [0, 0.1) is 11.8 Å². The number of hydrogen-bond donors (Lipinski definition) is 6. The van der Waals surface area contributed by atoms with E-state index in [-0.39, 0.29) is 25.0 Å². The van der Waals surface area contributed by atoms with Gasteiger partial charge in [-0.2, -0.15) is 0 Å². The minimum Gasteiger partial charge on any atom is -0.462 e. The number of phosphoric acid groups is 2. The zero-order chi connectivity index (χ0) is 47.5. The maximum Gasteiger partial charge on any atom is 0.472 e. The Hall–Kier alpha value is -2.33. The van der Waals surface area contributed by atoms with Crippen LogP contribution in [0.15, 0.2) is 48.6 Å². The van der Waals surface area contributed by atoms with Crippen molar-refractivity contribution >= 4 is 33.4 Å². The molecular formula is C46H80O16P2. The van der Waals surface area contributed by atoms with E-state index in [1.165, 1.54) is 19.3 Å². The fourth-order valence-electron chi connectivity index (χ4n) is 6.89. The van der Waals surface area contributed by atoms with Crippen LogP contribution in [0.1, 0.15) is 162 Å². The highest BCUT2D eigenvalue weighted by Gasteiger charge is 2.39. The van der Waals surface area contributed by atoms with Gasteiger partial charge in [0, 0.05) is 31.1 Å². The van der Waals surface area contributed by atoms with Crippen molar-refractivity contribution in [3.8, 4) is 0 Å². The second-order valence-electron chi connectivity index (χ2n) is 16.5. The number of phosphoric ester groups is 2. The molecule has 1 aliphatic rings. The van der Waals surface area contributed by atoms with E-state index in [9.17, 15) is 43.7 Å². The van der Waals surface area contributed by atoms with Crippen LogP contribution < -0.4 is 0 Å². The van der Waals surface area contributed by atoms with Crippen LogP contribution in [0.2, 0.25) is 0 Å². The number of carbonyl (C=O) groups excluding carboxylic acids is 3. The average Bonchev–Trinajstić information content (AvgIpc) is 3.51. The molecule has 0 heterocycles. The molecule has 0 saturated heterocycles. The van der Waals surface area contributed by atoms with Crippen molar-refractivity contribution in [2.24, 2.45) is 11.8 Å². The third kappa shape index (κ3) is 33.2. The lowest BCUT2D eigenvalue weighted by Gasteiger charge is -2.20. The molecule has 0 amide bonds. The van der Waals surface area contributed by atoms with Crippen LogP contribution in [0.25, 0.3) is 0 Å². The van der Waals surface area contributed by atoms with Crippen LogP contribution in [0.3, 0.4) is 0 Å². The Morgan fingerprint density at radius 3 is 1.92 bits per heavy atom. The standard InChI is InChI=1S/C46H80O16P2/c1-3-5-7-8-9-10-11-12-13-14-15-16-17-18-19-20-25-29-45(51)58-36-40(37-61-64(56,57)60-35-39(48)34-59-63(53,54)55)62-46(52)30-26-22-21-24-28-41-42(44(50)33-43(41)49)32-31-38(47)27-23-6-4-2/h9-10,12-13,21,24,31-32,38-42,44,47-48,50H,3-8,11,14-20,22-23,25-30,33-37H2,1-2H3,(H,56,57)(H2,53,54,55)/b10-9-,13-12-,24-21-,32-31+/t38-,39-,40+,41+,42+,44+/m0/s1. The summed E-state index contributed by atoms with van der Waals surface area (Å²) >= 11 is 0. The van der Waals surface area contributed by atoms with Crippen molar-refractivity contribution in [3.63, 3.8) is 0 Å². The van der Waals surface area contributed by atoms with E-state index in [0.717, 1.165) is 77.0 Å². The highest BCUT2D eigenvalue weighted by atomic mass is 31.2. The molecule has 0 bridgehead atoms. The highest BCUT2D eigenvalue weighted by molar-refractivity contribution is 7.47. The van der Waals surface area contributed by atoms with Gasteiger partial charge in [-0.15, -0.1) is 0 Å². The lowest BCUT2D eigenvalue weighted by molar-refractivity contribution is -0.161. The van der Waals surface area contributed by atoms with Gasteiger partial charge in [-0.3, -0.25) is 28.0 Å². The van der Waals surface area contributed by atoms with E-state index in [0.29, 0.717) is 32.1 Å². The SMILES string of the molecule is CCCCC/C=C\C/C=C\CCCCCCCCCC(=O)OC[C@H](COP(=O)(O)OC[C@@H](O)COP(=O)(O)O)OC(=O)CCC/C=C\C[C@H]1C(=O)C[C@@H](O)[C@@H]1/C=C/[C@@H](O)CCCCC. The molecule has 1 unspecified atom stereocenters. The first-order valence-electron chi connectivity index (χ1n) is 23.4. The molecule has 0 aromatic heterocycles. The summed E-state index contributed by atoms with van der Waals surface area (Å²) in [6.45, 7) is 1.32. The molecular weight excluding hydrogens is 870 g/mol. The largest absolute Gasteiger partial charge is 0.472 e. The lowest BCUT2D eigenvalue weighted by Crippen LogP contribution is -2.29. The van der Waals surface area contributed by atoms with Crippen LogP contribution >= 0.6 is 15.6 Å². The van der Waals surface area contributed by atoms with Gasteiger partial charge in [0.25, 0.3) is 0 Å². The van der Waals surface area contributed by atoms with Crippen LogP contribution in [-0.2, 0) is 46.6 Å². The van der Waals surface area contributed by atoms with Crippen molar-refractivity contribution in [2.45, 2.75) is 186 Å². The fourth-order valence-corrected chi connectivity index (χ4v) is 8.04. The minimum atomic E-state index is -4.90. The van der Waals surface area contributed by atoms with Crippen LogP contribution in [-0.4, -0.2) is 98.6 Å². The van der Waals surface area contributed by atoms with Gasteiger partial charge in [0.1, 0.15) is 18.5 Å². The van der Waals surface area contributed by atoms with Gasteiger partial charge in [0.05, 0.1) is 32.0 Å². The maximum atomic E-state index is 12.8. The number of hydrogen-bond acceptors (Lipinski definition) is 13. The molecule has 18 heteroatoms. The van der Waals surface area contributed by atoms with Gasteiger partial charge >= 0.3 is 27.6 Å². The molecule has 0 aromatic carbocycles. The number of carbonyl (C=O) groups is 3. The third-order valence-corrected chi connectivity index (χ3v) is 12.0. The van der Waals surface area contributed by atoms with Crippen molar-refractivity contribution in [1.29, 1.82) is 0 Å². The molecule has 1 fully saturated rings. The van der Waals surface area contributed by atoms with Crippen molar-refractivity contribution < 1.29 is 76.6 Å². The summed E-state index contributed by atoms with van der Waals surface area (Å²) in [6.07, 6.45) is 30.3. The molecule has 0 spiro atoms. The molecule has 16 nitrogen and oxygen atoms in total. The number of allylic oxidation sites excluding steroid dienone is 6. The van der Waals surface area contributed by atoms with Gasteiger partial charge in [0.15, 0.2) is 6.10 Å². The van der Waals surface area contributed by atoms with Crippen LogP contribution in [0.4, 0.5) is 0 Å². The van der Waals surface area contributed by atoms with Crippen molar-refractivity contribution in [2.75, 3.05) is 26.4 Å². The molecule has 1 aliphatic carbocycles. The van der Waals surface area contributed by atoms with E-state index in [4.69, 9.17) is 23.8 Å². The Balaban J connectivity index is 2.55. The number of aliphatic hydroxyl groups excluding tert-OH is 3. The second kappa shape index (κ2) is 36.7. The summed E-state index contributed by atoms with van der Waals surface area (Å²) in [7, 11) is -9.79. The minimum absolute atomic E-state index is 0.0512. The predicted molar refractivity (Wildman–Crippen MR) is 245 cm³/mol. The number of rotatable bonds is 40. The zero-order valence-corrected chi connectivity index (χ0v) is 40.1. The molecule has 6 N–H and O–H groups in total. The quantitative estimate of drug-likeness (QED) is 0.0145. The number of aliphatic hydroxyl groups is 3. The Bertz CT molecular complexity index is 1480. The van der Waals surface area contributed by atoms with Crippen molar-refractivity contribution in [1.82, 2.24) is 0 Å². The molecule has 1 rings (SSSR count). The van der Waals surface area contributed by atoms with Gasteiger partial charge in [-0.05, 0) is 64.2 Å². The molecule has 370 valence electrons. The summed E-state index contributed by atoms with van der Waals surface area (Å²) in [5.41, 5.74) is 0.